The molecule has 3 aliphatic rings. The fourth-order valence-electron chi connectivity index (χ4n) is 7.15. The van der Waals surface area contributed by atoms with Crippen LogP contribution in [0.3, 0.4) is 0 Å². The molecule has 2 aliphatic heterocycles. The van der Waals surface area contributed by atoms with Crippen molar-refractivity contribution in [1.29, 1.82) is 5.26 Å². The highest BCUT2D eigenvalue weighted by Gasteiger charge is 2.62. The summed E-state index contributed by atoms with van der Waals surface area (Å²) in [6, 6.07) is 10.3. The van der Waals surface area contributed by atoms with Gasteiger partial charge in [-0.1, -0.05) is 6.92 Å². The lowest BCUT2D eigenvalue weighted by atomic mass is 9.74. The molecule has 2 aromatic heterocycles. The maximum atomic E-state index is 13.9. The number of ether oxygens (including phenoxy) is 1. The van der Waals surface area contributed by atoms with Crippen LogP contribution >= 0.6 is 12.2 Å². The Kier molecular flexibility index (Phi) is 7.89. The summed E-state index contributed by atoms with van der Waals surface area (Å²) in [5.74, 6) is 1.25. The van der Waals surface area contributed by atoms with E-state index in [1.165, 1.54) is 11.0 Å². The van der Waals surface area contributed by atoms with Crippen molar-refractivity contribution in [1.82, 2.24) is 24.5 Å². The molecule has 11 nitrogen and oxygen atoms in total. The number of aromatic amines is 1. The summed E-state index contributed by atoms with van der Waals surface area (Å²) in [6.45, 7) is 7.10. The zero-order valence-electron chi connectivity index (χ0n) is 27.1. The first-order valence-corrected chi connectivity index (χ1v) is 16.6. The van der Waals surface area contributed by atoms with E-state index < -0.39 is 22.8 Å². The van der Waals surface area contributed by atoms with Gasteiger partial charge in [0.25, 0.3) is 11.5 Å². The maximum absolute atomic E-state index is 13.9. The second kappa shape index (κ2) is 11.9. The molecule has 0 unspecified atom stereocenters. The first-order valence-electron chi connectivity index (χ1n) is 16.2. The van der Waals surface area contributed by atoms with Gasteiger partial charge in [-0.25, -0.2) is 9.50 Å². The van der Waals surface area contributed by atoms with Gasteiger partial charge in [0.1, 0.15) is 17.1 Å². The Labute approximate surface area is 284 Å². The number of anilines is 2. The van der Waals surface area contributed by atoms with E-state index in [0.717, 1.165) is 30.7 Å². The van der Waals surface area contributed by atoms with Gasteiger partial charge in [0.2, 0.25) is 0 Å². The second-order valence-corrected chi connectivity index (χ2v) is 13.0. The third-order valence-corrected chi connectivity index (χ3v) is 10.0. The van der Waals surface area contributed by atoms with E-state index in [4.69, 9.17) is 22.1 Å². The summed E-state index contributed by atoms with van der Waals surface area (Å²) in [5.41, 5.74) is -0.400. The average Bonchev–Trinajstić information content (AvgIpc) is 3.46. The number of aromatic nitrogens is 4. The monoisotopic (exact) mass is 690 g/mol. The highest BCUT2D eigenvalue weighted by Crippen LogP contribution is 2.49. The first-order chi connectivity index (χ1) is 23.4. The molecule has 7 rings (SSSR count). The predicted molar refractivity (Wildman–Crippen MR) is 180 cm³/mol. The molecule has 49 heavy (non-hydrogen) atoms. The number of halogens is 3. The molecule has 1 saturated carbocycles. The highest BCUT2D eigenvalue weighted by molar-refractivity contribution is 7.80. The van der Waals surface area contributed by atoms with E-state index in [9.17, 15) is 28.0 Å². The van der Waals surface area contributed by atoms with Gasteiger partial charge in [-0.3, -0.25) is 14.5 Å². The summed E-state index contributed by atoms with van der Waals surface area (Å²) in [7, 11) is 0. The van der Waals surface area contributed by atoms with Gasteiger partial charge in [-0.15, -0.1) is 5.10 Å². The number of carbonyl (C=O) groups excluding carboxylic acids is 1. The van der Waals surface area contributed by atoms with Crippen LogP contribution in [0.4, 0.5) is 24.5 Å². The minimum Gasteiger partial charge on any atom is -0.493 e. The molecule has 0 atom stereocenters. The lowest BCUT2D eigenvalue weighted by Gasteiger charge is -2.53. The number of nitrogens with zero attached hydrogens (tertiary/aromatic N) is 7. The minimum absolute atomic E-state index is 0.00363. The van der Waals surface area contributed by atoms with Crippen LogP contribution in [0.5, 0.6) is 5.75 Å². The van der Waals surface area contributed by atoms with E-state index in [-0.39, 0.29) is 28.3 Å². The molecular formula is C34H33F3N8O3S. The molecule has 254 valence electrons. The lowest BCUT2D eigenvalue weighted by Crippen LogP contribution is -2.67. The van der Waals surface area contributed by atoms with Crippen LogP contribution < -0.4 is 20.1 Å². The Balaban J connectivity index is 1.18. The predicted octanol–water partition coefficient (Wildman–Crippen LogP) is 5.38. The van der Waals surface area contributed by atoms with Crippen molar-refractivity contribution in [2.24, 2.45) is 0 Å². The molecule has 1 N–H and O–H groups in total. The lowest BCUT2D eigenvalue weighted by molar-refractivity contribution is -0.138. The van der Waals surface area contributed by atoms with E-state index in [2.05, 4.69) is 14.9 Å². The quantitative estimate of drug-likeness (QED) is 0.243. The van der Waals surface area contributed by atoms with Crippen LogP contribution in [0, 0.1) is 18.3 Å². The zero-order valence-corrected chi connectivity index (χ0v) is 27.9. The molecule has 4 heterocycles. The van der Waals surface area contributed by atoms with Crippen LogP contribution in [0.2, 0.25) is 0 Å². The average molecular weight is 691 g/mol. The Hall–Kier alpha value is -4.97. The number of hydrogen-bond donors (Lipinski definition) is 1. The van der Waals surface area contributed by atoms with Crippen molar-refractivity contribution >= 4 is 40.1 Å². The number of nitrogens with one attached hydrogen (secondary N) is 1. The van der Waals surface area contributed by atoms with Gasteiger partial charge in [0.15, 0.2) is 16.5 Å². The molecule has 0 bridgehead atoms. The number of hydrogen-bond acceptors (Lipinski definition) is 8. The third kappa shape index (κ3) is 5.11. The smallest absolute Gasteiger partial charge is 0.417 e. The summed E-state index contributed by atoms with van der Waals surface area (Å²) in [4.78, 5) is 39.8. The number of nitriles is 1. The number of aryl methyl sites for hydroxylation is 2. The van der Waals surface area contributed by atoms with Crippen LogP contribution in [0.25, 0.3) is 16.9 Å². The second-order valence-electron chi connectivity index (χ2n) is 12.6. The number of thiocarbonyl (C=S) groups is 1. The number of alkyl halides is 3. The number of benzene rings is 2. The fraction of sp³-hybridized carbons (Fsp3) is 0.412. The largest absolute Gasteiger partial charge is 0.493 e. The molecule has 2 aromatic carbocycles. The minimum atomic E-state index is -4.77. The third-order valence-electron chi connectivity index (χ3n) is 9.65. The van der Waals surface area contributed by atoms with E-state index in [1.54, 1.807) is 17.5 Å². The molecule has 4 aromatic rings. The van der Waals surface area contributed by atoms with Gasteiger partial charge in [-0.05, 0) is 88.1 Å². The highest BCUT2D eigenvalue weighted by atomic mass is 32.1. The Morgan fingerprint density at radius 3 is 2.49 bits per heavy atom. The molecule has 1 aliphatic carbocycles. The number of fused-ring (bicyclic) bond motifs is 1. The molecule has 3 fully saturated rings. The molecule has 1 amide bonds. The first kappa shape index (κ1) is 32.6. The number of rotatable bonds is 8. The molecule has 2 saturated heterocycles. The number of H-pyrrole nitrogens is 1. The van der Waals surface area contributed by atoms with Crippen LogP contribution in [0.15, 0.2) is 41.2 Å². The van der Waals surface area contributed by atoms with Gasteiger partial charge in [-0.2, -0.15) is 18.4 Å². The van der Waals surface area contributed by atoms with E-state index in [1.807, 2.05) is 36.9 Å². The standard InChI is InChI=1S/C34H33F3N8O3S/c1-4-7-27-39-19(3)28-30(46)40-29(41-45(27)28)24-14-21(10-11-26(24)48-5-2)42-17-23(18-42)44-32(49)43(31(47)33(44)12-6-13-33)22-9-8-20(16-38)25(15-22)34(35,36)37/h8-11,14-15,23H,4-7,12-13,17-18H2,1-3H3,(H,40,41,46). The number of carbonyl (C=O) groups is 1. The van der Waals surface area contributed by atoms with Crippen molar-refractivity contribution in [3.8, 4) is 23.2 Å². The van der Waals surface area contributed by atoms with Crippen molar-refractivity contribution in [3.63, 3.8) is 0 Å². The van der Waals surface area contributed by atoms with Crippen LogP contribution in [-0.2, 0) is 17.4 Å². The van der Waals surface area contributed by atoms with Gasteiger partial charge < -0.3 is 19.5 Å². The zero-order chi connectivity index (χ0) is 34.8. The Bertz CT molecular complexity index is 2110. The van der Waals surface area contributed by atoms with Crippen molar-refractivity contribution in [2.75, 3.05) is 29.5 Å². The summed E-state index contributed by atoms with van der Waals surface area (Å²) in [6.07, 6.45) is -1.38. The van der Waals surface area contributed by atoms with Gasteiger partial charge >= 0.3 is 6.18 Å². The SMILES string of the molecule is CCCc1nc(C)c2c(=O)[nH]c(-c3cc(N4CC(N5C(=S)N(c6ccc(C#N)c(C(F)(F)F)c6)C(=O)C56CCC6)C4)ccc3OCC)nn12. The molecule has 15 heteroatoms. The Morgan fingerprint density at radius 2 is 1.86 bits per heavy atom. The van der Waals surface area contributed by atoms with Crippen LogP contribution in [0.1, 0.15) is 62.2 Å². The van der Waals surface area contributed by atoms with Crippen molar-refractivity contribution in [2.45, 2.75) is 70.6 Å². The number of imidazole rings is 1. The van der Waals surface area contributed by atoms with Crippen molar-refractivity contribution in [3.05, 3.63) is 69.4 Å². The summed E-state index contributed by atoms with van der Waals surface area (Å²) in [5, 5.41) is 14.2. The topological polar surface area (TPSA) is 123 Å². The normalized spacial score (nSPS) is 17.5. The van der Waals surface area contributed by atoms with E-state index in [0.29, 0.717) is 73.1 Å². The van der Waals surface area contributed by atoms with E-state index >= 15 is 0 Å². The summed E-state index contributed by atoms with van der Waals surface area (Å²) >= 11 is 5.81. The maximum Gasteiger partial charge on any atom is 0.417 e. The van der Waals surface area contributed by atoms with Gasteiger partial charge in [0.05, 0.1) is 46.8 Å². The molecular weight excluding hydrogens is 657 g/mol. The fourth-order valence-corrected chi connectivity index (χ4v) is 7.66. The molecule has 1 spiro atoms. The van der Waals surface area contributed by atoms with Crippen LogP contribution in [-0.4, -0.2) is 66.8 Å². The Morgan fingerprint density at radius 1 is 1.12 bits per heavy atom. The number of amides is 1. The van der Waals surface area contributed by atoms with Crippen molar-refractivity contribution < 1.29 is 22.7 Å². The van der Waals surface area contributed by atoms with Gasteiger partial charge in [0, 0.05) is 25.2 Å². The summed E-state index contributed by atoms with van der Waals surface area (Å²) < 4.78 is 48.9. The molecule has 0 radical (unpaired) electrons.